The van der Waals surface area contributed by atoms with Crippen molar-refractivity contribution in [3.05, 3.63) is 42.0 Å². The van der Waals surface area contributed by atoms with Crippen LogP contribution >= 0.6 is 0 Å². The lowest BCUT2D eigenvalue weighted by Gasteiger charge is -2.33. The number of para-hydroxylation sites is 1. The number of likely N-dealkylation sites (N-methyl/N-ethyl adjacent to an activating group) is 1. The van der Waals surface area contributed by atoms with Crippen LogP contribution in [0.5, 0.6) is 0 Å². The van der Waals surface area contributed by atoms with Gasteiger partial charge in [-0.25, -0.2) is 0 Å². The van der Waals surface area contributed by atoms with Crippen LogP contribution in [0.25, 0.3) is 0 Å². The summed E-state index contributed by atoms with van der Waals surface area (Å²) in [6.45, 7) is 3.23. The van der Waals surface area contributed by atoms with E-state index in [4.69, 9.17) is 0 Å². The van der Waals surface area contributed by atoms with Gasteiger partial charge >= 0.3 is 0 Å². The minimum Gasteiger partial charge on any atom is -0.336 e. The molecule has 1 aliphatic carbocycles. The Kier molecular flexibility index (Phi) is 5.53. The van der Waals surface area contributed by atoms with E-state index >= 15 is 0 Å². The van der Waals surface area contributed by atoms with Crippen LogP contribution in [0.2, 0.25) is 0 Å². The average molecular weight is 341 g/mol. The number of carbonyl (C=O) groups excluding carboxylic acids is 2. The number of hydrogen-bond acceptors (Lipinski definition) is 3. The van der Waals surface area contributed by atoms with Gasteiger partial charge in [-0.3, -0.25) is 9.59 Å². The van der Waals surface area contributed by atoms with E-state index in [1.807, 2.05) is 29.2 Å². The Balaban J connectivity index is 1.79. The summed E-state index contributed by atoms with van der Waals surface area (Å²) in [6, 6.07) is 7.47. The fraction of sp³-hybridized carbons (Fsp3) is 0.500. The number of benzene rings is 1. The van der Waals surface area contributed by atoms with E-state index in [-0.39, 0.29) is 17.7 Å². The van der Waals surface area contributed by atoms with Crippen molar-refractivity contribution in [2.45, 2.75) is 19.3 Å². The van der Waals surface area contributed by atoms with E-state index in [9.17, 15) is 9.59 Å². The van der Waals surface area contributed by atoms with Crippen LogP contribution in [0.4, 0.5) is 5.69 Å². The fourth-order valence-corrected chi connectivity index (χ4v) is 3.54. The number of anilines is 1. The number of allylic oxidation sites excluding steroid dienone is 2. The fourth-order valence-electron chi connectivity index (χ4n) is 3.54. The van der Waals surface area contributed by atoms with Crippen molar-refractivity contribution in [1.82, 2.24) is 9.80 Å². The molecule has 1 saturated heterocycles. The largest absolute Gasteiger partial charge is 0.336 e. The quantitative estimate of drug-likeness (QED) is 0.793. The van der Waals surface area contributed by atoms with Crippen molar-refractivity contribution < 1.29 is 9.59 Å². The van der Waals surface area contributed by atoms with Crippen molar-refractivity contribution in [2.75, 3.05) is 45.2 Å². The van der Waals surface area contributed by atoms with Crippen LogP contribution in [0, 0.1) is 5.92 Å². The number of hydrogen-bond donors (Lipinski definition) is 0. The monoisotopic (exact) mass is 341 g/mol. The second-order valence-electron chi connectivity index (χ2n) is 6.99. The van der Waals surface area contributed by atoms with Gasteiger partial charge in [0, 0.05) is 39.1 Å². The highest BCUT2D eigenvalue weighted by Gasteiger charge is 2.27. The van der Waals surface area contributed by atoms with Gasteiger partial charge in [0.2, 0.25) is 5.91 Å². The van der Waals surface area contributed by atoms with Crippen molar-refractivity contribution in [2.24, 2.45) is 5.92 Å². The number of carbonyl (C=O) groups is 2. The van der Waals surface area contributed by atoms with E-state index in [1.165, 1.54) is 0 Å². The van der Waals surface area contributed by atoms with Gasteiger partial charge in [0.05, 0.1) is 11.3 Å². The Bertz CT molecular complexity index is 663. The first-order valence-corrected chi connectivity index (χ1v) is 9.07. The van der Waals surface area contributed by atoms with Gasteiger partial charge in [-0.05, 0) is 38.4 Å². The maximum Gasteiger partial charge on any atom is 0.256 e. The van der Waals surface area contributed by atoms with Crippen LogP contribution in [0.1, 0.15) is 29.6 Å². The summed E-state index contributed by atoms with van der Waals surface area (Å²) in [6.07, 6.45) is 6.84. The smallest absolute Gasteiger partial charge is 0.256 e. The molecule has 0 bridgehead atoms. The lowest BCUT2D eigenvalue weighted by atomic mass is 9.93. The molecule has 134 valence electrons. The molecule has 2 amide bonds. The van der Waals surface area contributed by atoms with Crippen molar-refractivity contribution >= 4 is 17.5 Å². The van der Waals surface area contributed by atoms with Crippen molar-refractivity contribution in [3.8, 4) is 0 Å². The summed E-state index contributed by atoms with van der Waals surface area (Å²) in [5, 5.41) is 0. The molecule has 0 aromatic heterocycles. The Morgan fingerprint density at radius 1 is 1.08 bits per heavy atom. The van der Waals surface area contributed by atoms with Crippen molar-refractivity contribution in [3.63, 3.8) is 0 Å². The Hall–Kier alpha value is -2.14. The average Bonchev–Trinajstić information content (AvgIpc) is 2.67. The Morgan fingerprint density at radius 3 is 2.48 bits per heavy atom. The highest BCUT2D eigenvalue weighted by molar-refractivity contribution is 6.05. The van der Waals surface area contributed by atoms with Crippen molar-refractivity contribution in [1.29, 1.82) is 0 Å². The van der Waals surface area contributed by atoms with Gasteiger partial charge < -0.3 is 14.7 Å². The van der Waals surface area contributed by atoms with Crippen LogP contribution < -0.4 is 4.90 Å². The highest BCUT2D eigenvalue weighted by atomic mass is 16.2. The molecule has 0 spiro atoms. The van der Waals surface area contributed by atoms with E-state index in [0.29, 0.717) is 11.3 Å². The zero-order chi connectivity index (χ0) is 17.8. The van der Waals surface area contributed by atoms with Gasteiger partial charge in [0.25, 0.3) is 5.91 Å². The van der Waals surface area contributed by atoms with Crippen LogP contribution in [-0.4, -0.2) is 61.9 Å². The van der Waals surface area contributed by atoms with Crippen LogP contribution in [0.3, 0.4) is 0 Å². The lowest BCUT2D eigenvalue weighted by Crippen LogP contribution is -2.47. The van der Waals surface area contributed by atoms with Gasteiger partial charge in [-0.15, -0.1) is 0 Å². The molecule has 5 heteroatoms. The molecule has 5 nitrogen and oxygen atoms in total. The standard InChI is InChI=1S/C20H27N3O2/c1-21-12-14-23(15-13-21)20(25)17-10-6-7-11-18(17)22(2)19(24)16-8-4-3-5-9-16/h3-4,6-7,10-11,16H,5,8-9,12-15H2,1-2H3. The highest BCUT2D eigenvalue weighted by Crippen LogP contribution is 2.26. The van der Waals surface area contributed by atoms with Gasteiger partial charge in [0.15, 0.2) is 0 Å². The topological polar surface area (TPSA) is 43.9 Å². The molecule has 1 aromatic rings. The third-order valence-corrected chi connectivity index (χ3v) is 5.24. The summed E-state index contributed by atoms with van der Waals surface area (Å²) in [5.74, 6) is 0.136. The zero-order valence-electron chi connectivity index (χ0n) is 15.1. The maximum atomic E-state index is 13.0. The third kappa shape index (κ3) is 3.93. The summed E-state index contributed by atoms with van der Waals surface area (Å²) in [5.41, 5.74) is 1.33. The molecule has 25 heavy (non-hydrogen) atoms. The van der Waals surface area contributed by atoms with Crippen LogP contribution in [0.15, 0.2) is 36.4 Å². The SMILES string of the molecule is CN1CCN(C(=O)c2ccccc2N(C)C(=O)C2CC=CCC2)CC1. The number of rotatable bonds is 3. The Morgan fingerprint density at radius 2 is 1.80 bits per heavy atom. The second-order valence-corrected chi connectivity index (χ2v) is 6.99. The predicted octanol–water partition coefficient (Wildman–Crippen LogP) is 2.39. The number of nitrogens with zero attached hydrogens (tertiary/aromatic N) is 3. The first-order chi connectivity index (χ1) is 12.1. The number of piperazine rings is 1. The molecule has 1 atom stereocenters. The first-order valence-electron chi connectivity index (χ1n) is 9.07. The van der Waals surface area contributed by atoms with Gasteiger partial charge in [-0.1, -0.05) is 24.3 Å². The molecule has 1 unspecified atom stereocenters. The molecular weight excluding hydrogens is 314 g/mol. The van der Waals surface area contributed by atoms with Gasteiger partial charge in [0.1, 0.15) is 0 Å². The molecule has 3 rings (SSSR count). The molecule has 2 aliphatic rings. The van der Waals surface area contributed by atoms with E-state index < -0.39 is 0 Å². The lowest BCUT2D eigenvalue weighted by molar-refractivity contribution is -0.122. The normalized spacial score (nSPS) is 21.2. The van der Waals surface area contributed by atoms with E-state index in [2.05, 4.69) is 24.1 Å². The minimum absolute atomic E-state index is 0.0156. The van der Waals surface area contributed by atoms with E-state index in [0.717, 1.165) is 45.4 Å². The molecule has 1 aromatic carbocycles. The maximum absolute atomic E-state index is 13.0. The summed E-state index contributed by atoms with van der Waals surface area (Å²) in [4.78, 5) is 31.6. The van der Waals surface area contributed by atoms with Gasteiger partial charge in [-0.2, -0.15) is 0 Å². The second kappa shape index (κ2) is 7.83. The molecule has 1 aliphatic heterocycles. The summed E-state index contributed by atoms with van der Waals surface area (Å²) < 4.78 is 0. The summed E-state index contributed by atoms with van der Waals surface area (Å²) >= 11 is 0. The molecule has 1 fully saturated rings. The third-order valence-electron chi connectivity index (χ3n) is 5.24. The molecule has 0 radical (unpaired) electrons. The van der Waals surface area contributed by atoms with E-state index in [1.54, 1.807) is 11.9 Å². The zero-order valence-corrected chi connectivity index (χ0v) is 15.1. The van der Waals surface area contributed by atoms with Crippen LogP contribution in [-0.2, 0) is 4.79 Å². The first kappa shape index (κ1) is 17.7. The minimum atomic E-state index is 0.0156. The molecule has 0 saturated carbocycles. The number of amides is 2. The Labute approximate surface area is 149 Å². The summed E-state index contributed by atoms with van der Waals surface area (Å²) in [7, 11) is 3.86. The molecular formula is C20H27N3O2. The predicted molar refractivity (Wildman–Crippen MR) is 99.7 cm³/mol. The molecule has 1 heterocycles. The molecule has 0 N–H and O–H groups in total.